The normalized spacial score (nSPS) is 12.9. The number of alkyl halides is 2. The molecule has 0 unspecified atom stereocenters. The first-order valence-corrected chi connectivity index (χ1v) is 5.22. The maximum atomic E-state index is 13.0. The van der Waals surface area contributed by atoms with Gasteiger partial charge in [-0.3, -0.25) is 4.57 Å². The quantitative estimate of drug-likeness (QED) is 0.752. The minimum Gasteiger partial charge on any atom is -0.320 e. The minimum atomic E-state index is -5.46. The van der Waals surface area contributed by atoms with Gasteiger partial charge >= 0.3 is 13.3 Å². The van der Waals surface area contributed by atoms with Crippen molar-refractivity contribution in [3.63, 3.8) is 0 Å². The molecule has 0 amide bonds. The van der Waals surface area contributed by atoms with Gasteiger partial charge in [0.05, 0.1) is 0 Å². The second-order valence-corrected chi connectivity index (χ2v) is 4.43. The van der Waals surface area contributed by atoms with Gasteiger partial charge in [-0.2, -0.15) is 8.78 Å². The Morgan fingerprint density at radius 1 is 1.21 bits per heavy atom. The molecule has 0 bridgehead atoms. The van der Waals surface area contributed by atoms with Crippen LogP contribution in [-0.2, 0) is 10.2 Å². The molecular formula is C8H8F2O3P. The zero-order valence-electron chi connectivity index (χ0n) is 7.02. The van der Waals surface area contributed by atoms with E-state index in [1.165, 1.54) is 12.1 Å². The highest BCUT2D eigenvalue weighted by molar-refractivity contribution is 7.52. The van der Waals surface area contributed by atoms with Gasteiger partial charge < -0.3 is 9.79 Å². The van der Waals surface area contributed by atoms with E-state index in [1.807, 2.05) is 0 Å². The lowest BCUT2D eigenvalue weighted by Crippen LogP contribution is -2.13. The van der Waals surface area contributed by atoms with Crippen LogP contribution < -0.4 is 0 Å². The van der Waals surface area contributed by atoms with Crippen molar-refractivity contribution in [2.24, 2.45) is 0 Å². The molecule has 1 aromatic carbocycles. The highest BCUT2D eigenvalue weighted by atomic mass is 31.2. The molecule has 6 heteroatoms. The van der Waals surface area contributed by atoms with Gasteiger partial charge in [-0.15, -0.1) is 0 Å². The van der Waals surface area contributed by atoms with Gasteiger partial charge in [0, 0.05) is 5.56 Å². The first-order chi connectivity index (χ1) is 6.25. The zero-order chi connectivity index (χ0) is 11.0. The number of hydrogen-bond acceptors (Lipinski definition) is 1. The van der Waals surface area contributed by atoms with E-state index in [4.69, 9.17) is 9.79 Å². The van der Waals surface area contributed by atoms with Crippen molar-refractivity contribution in [3.05, 3.63) is 42.3 Å². The van der Waals surface area contributed by atoms with Crippen molar-refractivity contribution in [1.29, 1.82) is 0 Å². The van der Waals surface area contributed by atoms with Crippen LogP contribution >= 0.6 is 7.60 Å². The number of benzene rings is 1. The summed E-state index contributed by atoms with van der Waals surface area (Å²) in [5.74, 6) is 0. The van der Waals surface area contributed by atoms with E-state index in [1.54, 1.807) is 0 Å². The molecule has 0 aliphatic heterocycles. The fourth-order valence-corrected chi connectivity index (χ4v) is 1.36. The second-order valence-electron chi connectivity index (χ2n) is 2.78. The van der Waals surface area contributed by atoms with E-state index in [2.05, 4.69) is 6.92 Å². The molecule has 3 nitrogen and oxygen atoms in total. The third-order valence-corrected chi connectivity index (χ3v) is 2.66. The van der Waals surface area contributed by atoms with E-state index in [0.717, 1.165) is 12.1 Å². The monoisotopic (exact) mass is 221 g/mol. The Bertz CT molecular complexity index is 369. The molecule has 1 aromatic rings. The first-order valence-electron chi connectivity index (χ1n) is 3.61. The van der Waals surface area contributed by atoms with Gasteiger partial charge in [0.15, 0.2) is 0 Å². The van der Waals surface area contributed by atoms with Gasteiger partial charge in [0.25, 0.3) is 0 Å². The molecule has 77 valence electrons. The second kappa shape index (κ2) is 3.42. The van der Waals surface area contributed by atoms with Crippen molar-refractivity contribution in [2.75, 3.05) is 0 Å². The van der Waals surface area contributed by atoms with Gasteiger partial charge in [0.1, 0.15) is 0 Å². The molecule has 0 heterocycles. The van der Waals surface area contributed by atoms with Crippen LogP contribution in [0.5, 0.6) is 0 Å². The molecule has 0 spiro atoms. The van der Waals surface area contributed by atoms with Crippen LogP contribution in [0.25, 0.3) is 0 Å². The molecule has 2 N–H and O–H groups in total. The average Bonchev–Trinajstić information content (AvgIpc) is 2.03. The van der Waals surface area contributed by atoms with Crippen LogP contribution in [-0.4, -0.2) is 9.79 Å². The van der Waals surface area contributed by atoms with E-state index in [-0.39, 0.29) is 0 Å². The lowest BCUT2D eigenvalue weighted by Gasteiger charge is -2.17. The third-order valence-electron chi connectivity index (χ3n) is 1.67. The van der Waals surface area contributed by atoms with Gasteiger partial charge in [0.2, 0.25) is 0 Å². The Morgan fingerprint density at radius 2 is 1.64 bits per heavy atom. The summed E-state index contributed by atoms with van der Waals surface area (Å²) in [4.78, 5) is 16.8. The zero-order valence-corrected chi connectivity index (χ0v) is 7.92. The van der Waals surface area contributed by atoms with Crippen LogP contribution in [0.1, 0.15) is 11.1 Å². The van der Waals surface area contributed by atoms with E-state index >= 15 is 0 Å². The van der Waals surface area contributed by atoms with Crippen LogP contribution in [0.2, 0.25) is 0 Å². The molecule has 1 radical (unpaired) electrons. The predicted molar refractivity (Wildman–Crippen MR) is 46.8 cm³/mol. The topological polar surface area (TPSA) is 57.5 Å². The highest BCUT2D eigenvalue weighted by Crippen LogP contribution is 2.59. The van der Waals surface area contributed by atoms with E-state index in [0.29, 0.717) is 5.56 Å². The number of rotatable bonds is 2. The predicted octanol–water partition coefficient (Wildman–Crippen LogP) is 2.10. The summed E-state index contributed by atoms with van der Waals surface area (Å²) >= 11 is 0. The summed E-state index contributed by atoms with van der Waals surface area (Å²) in [5.41, 5.74) is -4.35. The smallest absolute Gasteiger partial charge is 0.320 e. The van der Waals surface area contributed by atoms with E-state index < -0.39 is 18.8 Å². The van der Waals surface area contributed by atoms with Gasteiger partial charge in [-0.1, -0.05) is 24.3 Å². The summed E-state index contributed by atoms with van der Waals surface area (Å²) in [7, 11) is -5.46. The highest BCUT2D eigenvalue weighted by Gasteiger charge is 2.50. The lowest BCUT2D eigenvalue weighted by atomic mass is 10.2. The SMILES string of the molecule is [CH2]c1ccc(C(F)(F)P(=O)(O)O)cc1. The summed E-state index contributed by atoms with van der Waals surface area (Å²) in [6.07, 6.45) is 0. The van der Waals surface area contributed by atoms with Crippen LogP contribution in [0.3, 0.4) is 0 Å². The molecule has 0 atom stereocenters. The lowest BCUT2D eigenvalue weighted by molar-refractivity contribution is 0.0564. The fraction of sp³-hybridized carbons (Fsp3) is 0.125. The Morgan fingerprint density at radius 3 is 2.00 bits per heavy atom. The largest absolute Gasteiger partial charge is 0.399 e. The minimum absolute atomic E-state index is 0.496. The third kappa shape index (κ3) is 2.00. The molecule has 0 fully saturated rings. The van der Waals surface area contributed by atoms with Crippen molar-refractivity contribution in [2.45, 2.75) is 5.66 Å². The van der Waals surface area contributed by atoms with E-state index in [9.17, 15) is 13.3 Å². The molecule has 1 rings (SSSR count). The summed E-state index contributed by atoms with van der Waals surface area (Å²) in [5, 5.41) is 0. The van der Waals surface area contributed by atoms with Gasteiger partial charge in [-0.25, -0.2) is 0 Å². The van der Waals surface area contributed by atoms with Gasteiger partial charge in [-0.05, 0) is 12.5 Å². The Labute approximate surface area is 79.5 Å². The van der Waals surface area contributed by atoms with Crippen LogP contribution in [0.15, 0.2) is 24.3 Å². The molecule has 14 heavy (non-hydrogen) atoms. The summed E-state index contributed by atoms with van der Waals surface area (Å²) < 4.78 is 36.5. The molecule has 0 aliphatic carbocycles. The summed E-state index contributed by atoms with van der Waals surface area (Å²) in [6.45, 7) is 3.47. The average molecular weight is 221 g/mol. The first kappa shape index (κ1) is 11.3. The standard InChI is InChI=1S/C8H8F2O3P/c1-6-2-4-7(5-3-6)8(9,10)14(11,12)13/h2-5H,1H2,(H2,11,12,13). The maximum absolute atomic E-state index is 13.0. The molecule has 0 saturated heterocycles. The maximum Gasteiger partial charge on any atom is 0.399 e. The van der Waals surface area contributed by atoms with Crippen molar-refractivity contribution in [1.82, 2.24) is 0 Å². The van der Waals surface area contributed by atoms with Crippen molar-refractivity contribution in [3.8, 4) is 0 Å². The van der Waals surface area contributed by atoms with Crippen molar-refractivity contribution >= 4 is 7.60 Å². The summed E-state index contributed by atoms with van der Waals surface area (Å²) in [6, 6.07) is 4.42. The Balaban J connectivity index is 3.17. The fourth-order valence-electron chi connectivity index (χ4n) is 0.873. The Hall–Kier alpha value is -0.770. The molecule has 0 saturated carbocycles. The molecule has 0 aliphatic rings. The molecule has 0 aromatic heterocycles. The number of hydrogen-bond donors (Lipinski definition) is 2. The molecular weight excluding hydrogens is 213 g/mol. The number of halogens is 2. The van der Waals surface area contributed by atoms with Crippen LogP contribution in [0.4, 0.5) is 8.78 Å². The Kier molecular flexibility index (Phi) is 2.76. The van der Waals surface area contributed by atoms with Crippen molar-refractivity contribution < 1.29 is 23.1 Å². The van der Waals surface area contributed by atoms with Crippen LogP contribution in [0, 0.1) is 6.92 Å².